The molecule has 0 bridgehead atoms. The first kappa shape index (κ1) is 24.2. The Morgan fingerprint density at radius 1 is 0.794 bits per heavy atom. The number of rotatable bonds is 8. The standard InChI is InChI=1S/C28H30BrN3O2/c29-26-13-7-12-25(20-26)28(34)32(22-24-10-5-2-6-11-24)15-14-27(33)31-18-16-30(17-19-31)21-23-8-3-1-4-9-23/h1-13,20H,14-19,21-22H2. The molecule has 2 amide bonds. The number of carbonyl (C=O) groups excluding carboxylic acids is 2. The number of carbonyl (C=O) groups is 2. The van der Waals surface area contributed by atoms with Crippen LogP contribution in [0.1, 0.15) is 27.9 Å². The largest absolute Gasteiger partial charge is 0.340 e. The number of piperazine rings is 1. The molecule has 1 heterocycles. The first-order valence-corrected chi connectivity index (χ1v) is 12.5. The molecule has 3 aromatic carbocycles. The van der Waals surface area contributed by atoms with Gasteiger partial charge in [-0.3, -0.25) is 14.5 Å². The number of hydrogen-bond acceptors (Lipinski definition) is 3. The first-order chi connectivity index (χ1) is 16.6. The Kier molecular flexibility index (Phi) is 8.50. The summed E-state index contributed by atoms with van der Waals surface area (Å²) in [5, 5.41) is 0. The summed E-state index contributed by atoms with van der Waals surface area (Å²) in [4.78, 5) is 32.4. The minimum atomic E-state index is -0.0642. The van der Waals surface area contributed by atoms with Crippen molar-refractivity contribution in [2.45, 2.75) is 19.5 Å². The lowest BCUT2D eigenvalue weighted by Crippen LogP contribution is -2.49. The molecule has 1 aliphatic heterocycles. The highest BCUT2D eigenvalue weighted by Crippen LogP contribution is 2.16. The van der Waals surface area contributed by atoms with Crippen LogP contribution in [0.2, 0.25) is 0 Å². The van der Waals surface area contributed by atoms with E-state index in [0.717, 1.165) is 42.8 Å². The lowest BCUT2D eigenvalue weighted by molar-refractivity contribution is -0.133. The summed E-state index contributed by atoms with van der Waals surface area (Å²) in [7, 11) is 0. The van der Waals surface area contributed by atoms with Crippen LogP contribution in [0.3, 0.4) is 0 Å². The van der Waals surface area contributed by atoms with Gasteiger partial charge in [-0.15, -0.1) is 0 Å². The van der Waals surface area contributed by atoms with E-state index in [1.807, 2.05) is 65.6 Å². The summed E-state index contributed by atoms with van der Waals surface area (Å²) >= 11 is 3.45. The first-order valence-electron chi connectivity index (χ1n) is 11.7. The normalized spacial score (nSPS) is 14.1. The summed E-state index contributed by atoms with van der Waals surface area (Å²) in [6.07, 6.45) is 0.325. The molecule has 1 fully saturated rings. The van der Waals surface area contributed by atoms with Crippen molar-refractivity contribution < 1.29 is 9.59 Å². The van der Waals surface area contributed by atoms with E-state index in [1.165, 1.54) is 5.56 Å². The molecule has 0 aromatic heterocycles. The minimum Gasteiger partial charge on any atom is -0.340 e. The van der Waals surface area contributed by atoms with Gasteiger partial charge in [-0.05, 0) is 29.3 Å². The zero-order chi connectivity index (χ0) is 23.8. The molecule has 3 aromatic rings. The lowest BCUT2D eigenvalue weighted by Gasteiger charge is -2.35. The Bertz CT molecular complexity index is 1080. The highest BCUT2D eigenvalue weighted by Gasteiger charge is 2.23. The van der Waals surface area contributed by atoms with Crippen LogP contribution in [0.15, 0.2) is 89.4 Å². The second-order valence-corrected chi connectivity index (χ2v) is 9.53. The van der Waals surface area contributed by atoms with Crippen molar-refractivity contribution in [3.8, 4) is 0 Å². The number of benzene rings is 3. The van der Waals surface area contributed by atoms with Crippen LogP contribution < -0.4 is 0 Å². The van der Waals surface area contributed by atoms with E-state index < -0.39 is 0 Å². The third-order valence-corrected chi connectivity index (χ3v) is 6.64. The van der Waals surface area contributed by atoms with Crippen LogP contribution in [-0.4, -0.2) is 59.2 Å². The zero-order valence-electron chi connectivity index (χ0n) is 19.3. The van der Waals surface area contributed by atoms with Gasteiger partial charge in [0.25, 0.3) is 5.91 Å². The maximum atomic E-state index is 13.3. The molecule has 0 saturated carbocycles. The van der Waals surface area contributed by atoms with Gasteiger partial charge in [0.2, 0.25) is 5.91 Å². The van der Waals surface area contributed by atoms with E-state index >= 15 is 0 Å². The Balaban J connectivity index is 1.34. The van der Waals surface area contributed by atoms with Crippen LogP contribution in [0.4, 0.5) is 0 Å². The summed E-state index contributed by atoms with van der Waals surface area (Å²) in [6, 6.07) is 27.8. The highest BCUT2D eigenvalue weighted by molar-refractivity contribution is 9.10. The van der Waals surface area contributed by atoms with Gasteiger partial charge in [0.05, 0.1) is 0 Å². The molecule has 1 saturated heterocycles. The average molecular weight is 520 g/mol. The van der Waals surface area contributed by atoms with Crippen molar-refractivity contribution in [2.75, 3.05) is 32.7 Å². The fourth-order valence-electron chi connectivity index (χ4n) is 4.25. The molecule has 0 unspecified atom stereocenters. The third kappa shape index (κ3) is 6.78. The van der Waals surface area contributed by atoms with E-state index in [0.29, 0.717) is 25.1 Å². The molecular weight excluding hydrogens is 490 g/mol. The molecule has 5 nitrogen and oxygen atoms in total. The van der Waals surface area contributed by atoms with Crippen molar-refractivity contribution in [2.24, 2.45) is 0 Å². The Hall–Kier alpha value is -2.96. The molecule has 4 rings (SSSR count). The number of nitrogens with zero attached hydrogens (tertiary/aromatic N) is 3. The van der Waals surface area contributed by atoms with Crippen LogP contribution >= 0.6 is 15.9 Å². The van der Waals surface area contributed by atoms with E-state index in [2.05, 4.69) is 45.1 Å². The van der Waals surface area contributed by atoms with Gasteiger partial charge in [0.1, 0.15) is 0 Å². The Labute approximate surface area is 210 Å². The average Bonchev–Trinajstić information content (AvgIpc) is 2.87. The smallest absolute Gasteiger partial charge is 0.254 e. The second kappa shape index (κ2) is 12.0. The van der Waals surface area contributed by atoms with Crippen LogP contribution in [0.25, 0.3) is 0 Å². The molecule has 0 spiro atoms. The molecule has 6 heteroatoms. The van der Waals surface area contributed by atoms with Gasteiger partial charge in [0.15, 0.2) is 0 Å². The molecule has 34 heavy (non-hydrogen) atoms. The van der Waals surface area contributed by atoms with Crippen molar-refractivity contribution in [3.63, 3.8) is 0 Å². The number of halogens is 1. The second-order valence-electron chi connectivity index (χ2n) is 8.62. The van der Waals surface area contributed by atoms with Gasteiger partial charge in [-0.1, -0.05) is 82.7 Å². The highest BCUT2D eigenvalue weighted by atomic mass is 79.9. The van der Waals surface area contributed by atoms with Gasteiger partial charge in [0, 0.05) is 62.3 Å². The molecule has 0 atom stereocenters. The van der Waals surface area contributed by atoms with E-state index in [-0.39, 0.29) is 11.8 Å². The van der Waals surface area contributed by atoms with Crippen molar-refractivity contribution in [1.29, 1.82) is 0 Å². The topological polar surface area (TPSA) is 43.9 Å². The summed E-state index contributed by atoms with van der Waals surface area (Å²) < 4.78 is 0.863. The Morgan fingerprint density at radius 2 is 1.44 bits per heavy atom. The Morgan fingerprint density at radius 3 is 2.09 bits per heavy atom. The molecule has 1 aliphatic rings. The van der Waals surface area contributed by atoms with Gasteiger partial charge < -0.3 is 9.80 Å². The van der Waals surface area contributed by atoms with Gasteiger partial charge >= 0.3 is 0 Å². The van der Waals surface area contributed by atoms with Crippen LogP contribution in [-0.2, 0) is 17.9 Å². The quantitative estimate of drug-likeness (QED) is 0.428. The molecule has 0 N–H and O–H groups in total. The van der Waals surface area contributed by atoms with Gasteiger partial charge in [-0.2, -0.15) is 0 Å². The molecular formula is C28H30BrN3O2. The summed E-state index contributed by atoms with van der Waals surface area (Å²) in [5.74, 6) is 0.0464. The van der Waals surface area contributed by atoms with Crippen LogP contribution in [0.5, 0.6) is 0 Å². The van der Waals surface area contributed by atoms with Gasteiger partial charge in [-0.25, -0.2) is 0 Å². The summed E-state index contributed by atoms with van der Waals surface area (Å²) in [5.41, 5.74) is 2.96. The molecule has 0 radical (unpaired) electrons. The maximum Gasteiger partial charge on any atom is 0.254 e. The number of amides is 2. The maximum absolute atomic E-state index is 13.3. The number of hydrogen-bond donors (Lipinski definition) is 0. The SMILES string of the molecule is O=C(CCN(Cc1ccccc1)C(=O)c1cccc(Br)c1)N1CCN(Cc2ccccc2)CC1. The predicted octanol–water partition coefficient (Wildman–Crippen LogP) is 4.83. The van der Waals surface area contributed by atoms with E-state index in [4.69, 9.17) is 0 Å². The van der Waals surface area contributed by atoms with Crippen LogP contribution in [0, 0.1) is 0 Å². The predicted molar refractivity (Wildman–Crippen MR) is 138 cm³/mol. The fraction of sp³-hybridized carbons (Fsp3) is 0.286. The van der Waals surface area contributed by atoms with Crippen molar-refractivity contribution in [3.05, 3.63) is 106 Å². The molecule has 176 valence electrons. The van der Waals surface area contributed by atoms with E-state index in [9.17, 15) is 9.59 Å². The van der Waals surface area contributed by atoms with Crippen molar-refractivity contribution in [1.82, 2.24) is 14.7 Å². The summed E-state index contributed by atoms with van der Waals surface area (Å²) in [6.45, 7) is 4.97. The zero-order valence-corrected chi connectivity index (χ0v) is 20.9. The third-order valence-electron chi connectivity index (χ3n) is 6.14. The van der Waals surface area contributed by atoms with E-state index in [1.54, 1.807) is 4.90 Å². The molecule has 0 aliphatic carbocycles. The lowest BCUT2D eigenvalue weighted by atomic mass is 10.1. The minimum absolute atomic E-state index is 0.0642. The fourth-order valence-corrected chi connectivity index (χ4v) is 4.65. The van der Waals surface area contributed by atoms with Crippen molar-refractivity contribution >= 4 is 27.7 Å². The monoisotopic (exact) mass is 519 g/mol.